The van der Waals surface area contributed by atoms with E-state index in [1.54, 1.807) is 0 Å². The van der Waals surface area contributed by atoms with Crippen LogP contribution in [0.5, 0.6) is 0 Å². The summed E-state index contributed by atoms with van der Waals surface area (Å²) in [7, 11) is 0. The highest BCUT2D eigenvalue weighted by Gasteiger charge is 2.27. The summed E-state index contributed by atoms with van der Waals surface area (Å²) < 4.78 is 5.82. The number of hydrogen-bond acceptors (Lipinski definition) is 5. The van der Waals surface area contributed by atoms with E-state index >= 15 is 0 Å². The van der Waals surface area contributed by atoms with Crippen LogP contribution >= 0.6 is 0 Å². The summed E-state index contributed by atoms with van der Waals surface area (Å²) in [6.45, 7) is 10.6. The predicted octanol–water partition coefficient (Wildman–Crippen LogP) is 2.94. The topological polar surface area (TPSA) is 61.5 Å². The fraction of sp³-hybridized carbons (Fsp3) is 0.565. The third-order valence-electron chi connectivity index (χ3n) is 6.11. The van der Waals surface area contributed by atoms with Crippen molar-refractivity contribution in [1.29, 1.82) is 0 Å². The van der Waals surface area contributed by atoms with Gasteiger partial charge in [-0.15, -0.1) is 0 Å². The van der Waals surface area contributed by atoms with E-state index in [2.05, 4.69) is 65.9 Å². The summed E-state index contributed by atoms with van der Waals surface area (Å²) in [5, 5.41) is 0. The first-order chi connectivity index (χ1) is 14.0. The number of ether oxygens (including phenoxy) is 1. The largest absolute Gasteiger partial charge is 0.372 e. The molecule has 6 heteroatoms. The fourth-order valence-corrected chi connectivity index (χ4v) is 4.50. The smallest absolute Gasteiger partial charge is 0.255 e. The number of anilines is 1. The van der Waals surface area contributed by atoms with Crippen molar-refractivity contribution >= 4 is 5.95 Å². The lowest BCUT2D eigenvalue weighted by Gasteiger charge is -2.36. The van der Waals surface area contributed by atoms with Crippen LogP contribution in [-0.2, 0) is 17.7 Å². The van der Waals surface area contributed by atoms with Gasteiger partial charge in [0.2, 0.25) is 5.95 Å². The zero-order valence-electron chi connectivity index (χ0n) is 17.7. The maximum absolute atomic E-state index is 12.7. The van der Waals surface area contributed by atoms with Crippen molar-refractivity contribution in [2.45, 2.75) is 58.3 Å². The molecule has 0 saturated carbocycles. The zero-order valence-corrected chi connectivity index (χ0v) is 17.7. The minimum Gasteiger partial charge on any atom is -0.372 e. The van der Waals surface area contributed by atoms with Crippen molar-refractivity contribution < 1.29 is 4.74 Å². The lowest BCUT2D eigenvalue weighted by Crippen LogP contribution is -2.47. The minimum absolute atomic E-state index is 0.0223. The summed E-state index contributed by atoms with van der Waals surface area (Å²) in [5.74, 6) is 1.21. The third-order valence-corrected chi connectivity index (χ3v) is 6.11. The second-order valence-corrected chi connectivity index (χ2v) is 8.60. The molecule has 0 unspecified atom stereocenters. The molecule has 2 aliphatic heterocycles. The van der Waals surface area contributed by atoms with Gasteiger partial charge in [0.15, 0.2) is 0 Å². The Labute approximate surface area is 172 Å². The SMILES string of the molecule is C[C@H](CCN1CCc2c(nc(N3C[C@H](C)O[C@@H](C)C3)[nH]c2=O)C1)c1ccccc1. The van der Waals surface area contributed by atoms with Crippen molar-refractivity contribution in [1.82, 2.24) is 14.9 Å². The van der Waals surface area contributed by atoms with Crippen molar-refractivity contribution in [2.24, 2.45) is 0 Å². The molecule has 0 amide bonds. The number of nitrogens with zero attached hydrogens (tertiary/aromatic N) is 3. The van der Waals surface area contributed by atoms with E-state index in [4.69, 9.17) is 9.72 Å². The Morgan fingerprint density at radius 1 is 1.21 bits per heavy atom. The number of aromatic amines is 1. The van der Waals surface area contributed by atoms with E-state index in [0.29, 0.717) is 11.9 Å². The first-order valence-electron chi connectivity index (χ1n) is 10.8. The molecule has 29 heavy (non-hydrogen) atoms. The molecule has 3 atom stereocenters. The van der Waals surface area contributed by atoms with Gasteiger partial charge in [-0.1, -0.05) is 37.3 Å². The van der Waals surface area contributed by atoms with Crippen LogP contribution in [0.3, 0.4) is 0 Å². The Morgan fingerprint density at radius 2 is 1.93 bits per heavy atom. The van der Waals surface area contributed by atoms with Crippen molar-refractivity contribution in [2.75, 3.05) is 31.1 Å². The standard InChI is InChI=1S/C23H32N4O2/c1-16(19-7-5-4-6-8-19)9-11-26-12-10-20-21(15-26)24-23(25-22(20)28)27-13-17(2)29-18(3)14-27/h4-8,16-18H,9-15H2,1-3H3,(H,24,25,28)/t16-,17+,18+/m1/s1. The highest BCUT2D eigenvalue weighted by Crippen LogP contribution is 2.22. The molecule has 2 aromatic rings. The highest BCUT2D eigenvalue weighted by atomic mass is 16.5. The van der Waals surface area contributed by atoms with Crippen molar-refractivity contribution in [3.8, 4) is 0 Å². The summed E-state index contributed by atoms with van der Waals surface area (Å²) in [5.41, 5.74) is 3.20. The Kier molecular flexibility index (Phi) is 6.01. The van der Waals surface area contributed by atoms with Gasteiger partial charge in [-0.2, -0.15) is 0 Å². The van der Waals surface area contributed by atoms with Crippen LogP contribution < -0.4 is 10.5 Å². The van der Waals surface area contributed by atoms with E-state index in [9.17, 15) is 4.79 Å². The van der Waals surface area contributed by atoms with Gasteiger partial charge >= 0.3 is 0 Å². The molecule has 0 aliphatic carbocycles. The summed E-state index contributed by atoms with van der Waals surface area (Å²) in [4.78, 5) is 25.2. The lowest BCUT2D eigenvalue weighted by atomic mass is 9.97. The second kappa shape index (κ2) is 8.67. The molecule has 1 aromatic carbocycles. The van der Waals surface area contributed by atoms with Crippen LogP contribution in [0.2, 0.25) is 0 Å². The normalized spacial score (nSPS) is 23.6. The van der Waals surface area contributed by atoms with Gasteiger partial charge in [-0.25, -0.2) is 4.98 Å². The number of nitrogens with one attached hydrogen (secondary N) is 1. The Hall–Kier alpha value is -2.18. The third kappa shape index (κ3) is 4.70. The zero-order chi connectivity index (χ0) is 20.4. The van der Waals surface area contributed by atoms with E-state index in [-0.39, 0.29) is 17.8 Å². The van der Waals surface area contributed by atoms with E-state index in [0.717, 1.165) is 56.8 Å². The quantitative estimate of drug-likeness (QED) is 0.842. The molecule has 1 aromatic heterocycles. The first-order valence-corrected chi connectivity index (χ1v) is 10.8. The fourth-order valence-electron chi connectivity index (χ4n) is 4.50. The Bertz CT molecular complexity index is 872. The molecule has 1 N–H and O–H groups in total. The predicted molar refractivity (Wildman–Crippen MR) is 116 cm³/mol. The van der Waals surface area contributed by atoms with Crippen LogP contribution in [-0.4, -0.2) is 53.3 Å². The van der Waals surface area contributed by atoms with Crippen LogP contribution in [0.25, 0.3) is 0 Å². The molecule has 2 aliphatic rings. The van der Waals surface area contributed by atoms with Gasteiger partial charge in [-0.05, 0) is 44.7 Å². The van der Waals surface area contributed by atoms with Crippen LogP contribution in [0.4, 0.5) is 5.95 Å². The van der Waals surface area contributed by atoms with Crippen molar-refractivity contribution in [3.63, 3.8) is 0 Å². The Balaban J connectivity index is 1.44. The number of H-pyrrole nitrogens is 1. The molecule has 4 rings (SSSR count). The minimum atomic E-state index is 0.0223. The molecule has 156 valence electrons. The molecule has 3 heterocycles. The van der Waals surface area contributed by atoms with E-state index in [1.807, 2.05) is 0 Å². The molecule has 0 bridgehead atoms. The van der Waals surface area contributed by atoms with Gasteiger partial charge in [0.1, 0.15) is 0 Å². The number of hydrogen-bond donors (Lipinski definition) is 1. The monoisotopic (exact) mass is 396 g/mol. The molecular formula is C23H32N4O2. The average molecular weight is 397 g/mol. The van der Waals surface area contributed by atoms with Gasteiger partial charge in [0, 0.05) is 31.7 Å². The molecule has 0 spiro atoms. The van der Waals surface area contributed by atoms with Gasteiger partial charge in [-0.3, -0.25) is 14.7 Å². The van der Waals surface area contributed by atoms with E-state index in [1.165, 1.54) is 5.56 Å². The van der Waals surface area contributed by atoms with Crippen LogP contribution in [0.1, 0.15) is 49.9 Å². The average Bonchev–Trinajstić information content (AvgIpc) is 2.71. The van der Waals surface area contributed by atoms with Gasteiger partial charge < -0.3 is 9.64 Å². The van der Waals surface area contributed by atoms with Crippen molar-refractivity contribution in [3.05, 3.63) is 57.5 Å². The van der Waals surface area contributed by atoms with Gasteiger partial charge in [0.25, 0.3) is 5.56 Å². The molecule has 1 fully saturated rings. The van der Waals surface area contributed by atoms with Gasteiger partial charge in [0.05, 0.1) is 17.9 Å². The summed E-state index contributed by atoms with van der Waals surface area (Å²) in [6, 6.07) is 10.7. The Morgan fingerprint density at radius 3 is 2.66 bits per heavy atom. The number of fused-ring (bicyclic) bond motifs is 1. The summed E-state index contributed by atoms with van der Waals surface area (Å²) in [6.07, 6.45) is 2.15. The molecular weight excluding hydrogens is 364 g/mol. The lowest BCUT2D eigenvalue weighted by molar-refractivity contribution is -0.00576. The number of aromatic nitrogens is 2. The van der Waals surface area contributed by atoms with E-state index < -0.39 is 0 Å². The maximum Gasteiger partial charge on any atom is 0.255 e. The molecule has 1 saturated heterocycles. The second-order valence-electron chi connectivity index (χ2n) is 8.60. The highest BCUT2D eigenvalue weighted by molar-refractivity contribution is 5.35. The molecule has 6 nitrogen and oxygen atoms in total. The molecule has 0 radical (unpaired) electrons. The summed E-state index contributed by atoms with van der Waals surface area (Å²) >= 11 is 0. The van der Waals surface area contributed by atoms with Crippen LogP contribution in [0, 0.1) is 0 Å². The number of rotatable bonds is 5. The van der Waals surface area contributed by atoms with Crippen LogP contribution in [0.15, 0.2) is 35.1 Å². The number of morpholine rings is 1. The maximum atomic E-state index is 12.7. The first kappa shape index (κ1) is 20.1. The number of benzene rings is 1.